The molecule has 1 N–H and O–H groups in total. The molecule has 3 nitrogen and oxygen atoms in total. The number of hydrogen-bond acceptors (Lipinski definition) is 2. The van der Waals surface area contributed by atoms with Crippen LogP contribution in [0.2, 0.25) is 0 Å². The summed E-state index contributed by atoms with van der Waals surface area (Å²) in [4.78, 5) is 7.13. The highest BCUT2D eigenvalue weighted by atomic mass is 19.1. The van der Waals surface area contributed by atoms with Gasteiger partial charge in [0.25, 0.3) is 0 Å². The van der Waals surface area contributed by atoms with Gasteiger partial charge in [-0.2, -0.15) is 4.98 Å². The van der Waals surface area contributed by atoms with E-state index in [1.165, 1.54) is 6.20 Å². The summed E-state index contributed by atoms with van der Waals surface area (Å²) in [6.07, 6.45) is 1.32. The van der Waals surface area contributed by atoms with Crippen LogP contribution in [0.25, 0.3) is 11.0 Å². The molecule has 0 aliphatic carbocycles. The molecule has 2 heterocycles. The molecule has 0 aliphatic rings. The molecule has 2 rings (SSSR count). The normalized spacial score (nSPS) is 12.1. The first-order chi connectivity index (χ1) is 7.93. The van der Waals surface area contributed by atoms with Crippen LogP contribution in [0.4, 0.5) is 4.39 Å². The van der Waals surface area contributed by atoms with Gasteiger partial charge in [-0.15, -0.1) is 0 Å². The molecule has 0 fully saturated rings. The number of rotatable bonds is 2. The maximum Gasteiger partial charge on any atom is 0.219 e. The van der Waals surface area contributed by atoms with E-state index in [1.807, 2.05) is 13.0 Å². The van der Waals surface area contributed by atoms with Crippen LogP contribution >= 0.6 is 0 Å². The SMILES string of the molecule is CCOc1nc2[nH]cc(F)c2cc1C(C)(C)C. The Morgan fingerprint density at radius 1 is 1.41 bits per heavy atom. The standard InChI is InChI=1S/C13H17FN2O/c1-5-17-12-9(13(2,3)4)6-8-10(14)7-15-11(8)16-12/h6-7H,5H2,1-4H3,(H,15,16). The minimum Gasteiger partial charge on any atom is -0.478 e. The Balaban J connectivity index is 2.68. The predicted molar refractivity (Wildman–Crippen MR) is 65.9 cm³/mol. The number of nitrogens with one attached hydrogen (secondary N) is 1. The molecule has 2 aromatic heterocycles. The van der Waals surface area contributed by atoms with Crippen molar-refractivity contribution in [3.05, 3.63) is 23.6 Å². The van der Waals surface area contributed by atoms with Gasteiger partial charge >= 0.3 is 0 Å². The Morgan fingerprint density at radius 2 is 2.12 bits per heavy atom. The lowest BCUT2D eigenvalue weighted by Gasteiger charge is -2.21. The van der Waals surface area contributed by atoms with E-state index in [0.29, 0.717) is 23.5 Å². The van der Waals surface area contributed by atoms with Gasteiger partial charge in [0.15, 0.2) is 0 Å². The third-order valence-corrected chi connectivity index (χ3v) is 2.67. The minimum atomic E-state index is -0.277. The van der Waals surface area contributed by atoms with Gasteiger partial charge in [0.1, 0.15) is 11.5 Å². The van der Waals surface area contributed by atoms with E-state index in [1.54, 1.807) is 0 Å². The first-order valence-corrected chi connectivity index (χ1v) is 5.74. The monoisotopic (exact) mass is 236 g/mol. The van der Waals surface area contributed by atoms with Crippen molar-refractivity contribution >= 4 is 11.0 Å². The molecular formula is C13H17FN2O. The van der Waals surface area contributed by atoms with Crippen LogP contribution < -0.4 is 4.74 Å². The summed E-state index contributed by atoms with van der Waals surface area (Å²) in [7, 11) is 0. The number of halogens is 1. The zero-order chi connectivity index (χ0) is 12.6. The Bertz CT molecular complexity index is 540. The van der Waals surface area contributed by atoms with Crippen LogP contribution in [0.5, 0.6) is 5.88 Å². The van der Waals surface area contributed by atoms with Crippen molar-refractivity contribution in [2.75, 3.05) is 6.61 Å². The van der Waals surface area contributed by atoms with Gasteiger partial charge in [0, 0.05) is 11.8 Å². The molecule has 17 heavy (non-hydrogen) atoms. The third-order valence-electron chi connectivity index (χ3n) is 2.67. The summed E-state index contributed by atoms with van der Waals surface area (Å²) >= 11 is 0. The molecule has 4 heteroatoms. The number of fused-ring (bicyclic) bond motifs is 1. The Hall–Kier alpha value is -1.58. The smallest absolute Gasteiger partial charge is 0.219 e. The van der Waals surface area contributed by atoms with Crippen LogP contribution in [-0.4, -0.2) is 16.6 Å². The molecule has 0 saturated carbocycles. The van der Waals surface area contributed by atoms with Crippen LogP contribution in [0.15, 0.2) is 12.3 Å². The summed E-state index contributed by atoms with van der Waals surface area (Å²) in [5.74, 6) is 0.301. The zero-order valence-corrected chi connectivity index (χ0v) is 10.6. The van der Waals surface area contributed by atoms with E-state index < -0.39 is 0 Å². The van der Waals surface area contributed by atoms with E-state index in [4.69, 9.17) is 4.74 Å². The molecule has 0 atom stereocenters. The number of nitrogens with zero attached hydrogens (tertiary/aromatic N) is 1. The van der Waals surface area contributed by atoms with E-state index in [9.17, 15) is 4.39 Å². The fourth-order valence-corrected chi connectivity index (χ4v) is 1.78. The van der Waals surface area contributed by atoms with Crippen molar-refractivity contribution in [1.29, 1.82) is 0 Å². The van der Waals surface area contributed by atoms with Crippen molar-refractivity contribution < 1.29 is 9.13 Å². The first kappa shape index (κ1) is 11.9. The average molecular weight is 236 g/mol. The number of hydrogen-bond donors (Lipinski definition) is 1. The molecule has 92 valence electrons. The van der Waals surface area contributed by atoms with Gasteiger partial charge in [-0.05, 0) is 18.4 Å². The fourth-order valence-electron chi connectivity index (χ4n) is 1.78. The van der Waals surface area contributed by atoms with Crippen LogP contribution in [-0.2, 0) is 5.41 Å². The number of aromatic amines is 1. The maximum atomic E-state index is 13.5. The van der Waals surface area contributed by atoms with E-state index in [-0.39, 0.29) is 11.2 Å². The molecule has 0 amide bonds. The summed E-state index contributed by atoms with van der Waals surface area (Å²) in [5, 5.41) is 0.512. The Labute approximate surface area is 100 Å². The lowest BCUT2D eigenvalue weighted by atomic mass is 9.87. The number of ether oxygens (including phenoxy) is 1. The van der Waals surface area contributed by atoms with Gasteiger partial charge in [0.2, 0.25) is 5.88 Å². The van der Waals surface area contributed by atoms with Crippen molar-refractivity contribution in [2.24, 2.45) is 0 Å². The largest absolute Gasteiger partial charge is 0.478 e. The second-order valence-corrected chi connectivity index (χ2v) is 5.06. The topological polar surface area (TPSA) is 37.9 Å². The number of H-pyrrole nitrogens is 1. The molecule has 0 spiro atoms. The lowest BCUT2D eigenvalue weighted by molar-refractivity contribution is 0.317. The van der Waals surface area contributed by atoms with Crippen molar-refractivity contribution in [2.45, 2.75) is 33.1 Å². The molecular weight excluding hydrogens is 219 g/mol. The van der Waals surface area contributed by atoms with E-state index in [2.05, 4.69) is 30.7 Å². The summed E-state index contributed by atoms with van der Waals surface area (Å²) in [5.41, 5.74) is 1.32. The van der Waals surface area contributed by atoms with E-state index in [0.717, 1.165) is 5.56 Å². The number of pyridine rings is 1. The highest BCUT2D eigenvalue weighted by Gasteiger charge is 2.22. The average Bonchev–Trinajstić information content (AvgIpc) is 2.58. The van der Waals surface area contributed by atoms with Gasteiger partial charge in [-0.1, -0.05) is 20.8 Å². The molecule has 0 bridgehead atoms. The fraction of sp³-hybridized carbons (Fsp3) is 0.462. The Kier molecular flexibility index (Phi) is 2.81. The predicted octanol–water partition coefficient (Wildman–Crippen LogP) is 3.40. The van der Waals surface area contributed by atoms with Gasteiger partial charge in [-0.25, -0.2) is 4.39 Å². The minimum absolute atomic E-state index is 0.130. The van der Waals surface area contributed by atoms with Gasteiger partial charge < -0.3 is 9.72 Å². The third kappa shape index (κ3) is 2.12. The molecule has 0 unspecified atom stereocenters. The lowest BCUT2D eigenvalue weighted by Crippen LogP contribution is -2.14. The molecule has 2 aromatic rings. The molecule has 0 aliphatic heterocycles. The van der Waals surface area contributed by atoms with E-state index >= 15 is 0 Å². The summed E-state index contributed by atoms with van der Waals surface area (Å²) in [6, 6.07) is 1.82. The first-order valence-electron chi connectivity index (χ1n) is 5.74. The van der Waals surface area contributed by atoms with Gasteiger partial charge in [0.05, 0.1) is 12.0 Å². The second kappa shape index (κ2) is 4.02. The second-order valence-electron chi connectivity index (χ2n) is 5.06. The summed E-state index contributed by atoms with van der Waals surface area (Å²) < 4.78 is 19.0. The van der Waals surface area contributed by atoms with Crippen molar-refractivity contribution in [3.63, 3.8) is 0 Å². The van der Waals surface area contributed by atoms with Crippen molar-refractivity contribution in [1.82, 2.24) is 9.97 Å². The van der Waals surface area contributed by atoms with Crippen molar-refractivity contribution in [3.8, 4) is 5.88 Å². The van der Waals surface area contributed by atoms with Gasteiger partial charge in [-0.3, -0.25) is 0 Å². The maximum absolute atomic E-state index is 13.5. The number of aromatic nitrogens is 2. The summed E-state index contributed by atoms with van der Waals surface area (Å²) in [6.45, 7) is 8.63. The van der Waals surface area contributed by atoms with Crippen LogP contribution in [0, 0.1) is 5.82 Å². The molecule has 0 saturated heterocycles. The highest BCUT2D eigenvalue weighted by molar-refractivity contribution is 5.78. The van der Waals surface area contributed by atoms with Crippen LogP contribution in [0.3, 0.4) is 0 Å². The van der Waals surface area contributed by atoms with Crippen LogP contribution in [0.1, 0.15) is 33.3 Å². The molecule has 0 radical (unpaired) electrons. The zero-order valence-electron chi connectivity index (χ0n) is 10.6. The Morgan fingerprint density at radius 3 is 2.71 bits per heavy atom. The highest BCUT2D eigenvalue weighted by Crippen LogP contribution is 2.33. The molecule has 0 aromatic carbocycles. The quantitative estimate of drug-likeness (QED) is 0.867.